The van der Waals surface area contributed by atoms with Crippen LogP contribution in [0.1, 0.15) is 21.5 Å². The molecule has 0 radical (unpaired) electrons. The van der Waals surface area contributed by atoms with Crippen molar-refractivity contribution in [3.63, 3.8) is 0 Å². The van der Waals surface area contributed by atoms with E-state index in [0.717, 1.165) is 5.56 Å². The van der Waals surface area contributed by atoms with Crippen LogP contribution in [-0.2, 0) is 16.6 Å². The van der Waals surface area contributed by atoms with Gasteiger partial charge in [-0.3, -0.25) is 15.1 Å². The SMILES string of the molecule is Cc1ccc(S(=O)(=O)NCc2ccccc2)cc1C(=O)Nc1nnc(-c2ccccn2)s1. The molecule has 0 bridgehead atoms. The summed E-state index contributed by atoms with van der Waals surface area (Å²) >= 11 is 1.18. The number of aryl methyl sites for hydroxylation is 1. The molecule has 8 nitrogen and oxygen atoms in total. The molecule has 0 aliphatic carbocycles. The molecule has 0 aliphatic rings. The summed E-state index contributed by atoms with van der Waals surface area (Å²) in [5.41, 5.74) is 2.36. The Balaban J connectivity index is 1.51. The zero-order valence-corrected chi connectivity index (χ0v) is 18.7. The third-order valence-electron chi connectivity index (χ3n) is 4.60. The molecule has 0 aliphatic heterocycles. The fraction of sp³-hybridized carbons (Fsp3) is 0.0909. The first-order valence-electron chi connectivity index (χ1n) is 9.63. The number of carbonyl (C=O) groups excluding carboxylic acids is 1. The second-order valence-corrected chi connectivity index (χ2v) is 9.61. The molecule has 10 heteroatoms. The lowest BCUT2D eigenvalue weighted by atomic mass is 10.1. The monoisotopic (exact) mass is 465 g/mol. The number of pyridine rings is 1. The highest BCUT2D eigenvalue weighted by atomic mass is 32.2. The second-order valence-electron chi connectivity index (χ2n) is 6.87. The Morgan fingerprint density at radius 2 is 1.78 bits per heavy atom. The van der Waals surface area contributed by atoms with E-state index in [2.05, 4.69) is 25.2 Å². The third kappa shape index (κ3) is 5.05. The van der Waals surface area contributed by atoms with Crippen LogP contribution in [0.4, 0.5) is 5.13 Å². The first kappa shape index (κ1) is 21.8. The largest absolute Gasteiger partial charge is 0.296 e. The van der Waals surface area contributed by atoms with Gasteiger partial charge in [-0.15, -0.1) is 10.2 Å². The molecule has 1 amide bonds. The van der Waals surface area contributed by atoms with Crippen LogP contribution in [0.5, 0.6) is 0 Å². The topological polar surface area (TPSA) is 114 Å². The van der Waals surface area contributed by atoms with Crippen molar-refractivity contribution in [3.05, 3.63) is 89.6 Å². The van der Waals surface area contributed by atoms with Crippen LogP contribution in [-0.4, -0.2) is 29.5 Å². The summed E-state index contributed by atoms with van der Waals surface area (Å²) in [6, 6.07) is 19.1. The normalized spacial score (nSPS) is 11.3. The number of benzene rings is 2. The maximum absolute atomic E-state index is 12.8. The van der Waals surface area contributed by atoms with Crippen molar-refractivity contribution in [1.29, 1.82) is 0 Å². The van der Waals surface area contributed by atoms with Crippen LogP contribution in [0.25, 0.3) is 10.7 Å². The van der Waals surface area contributed by atoms with Gasteiger partial charge in [0.05, 0.1) is 4.90 Å². The molecule has 2 N–H and O–H groups in total. The van der Waals surface area contributed by atoms with Gasteiger partial charge >= 0.3 is 0 Å². The Kier molecular flexibility index (Phi) is 6.35. The quantitative estimate of drug-likeness (QED) is 0.431. The van der Waals surface area contributed by atoms with Crippen LogP contribution >= 0.6 is 11.3 Å². The number of anilines is 1. The molecule has 0 fully saturated rings. The minimum Gasteiger partial charge on any atom is -0.296 e. The van der Waals surface area contributed by atoms with Crippen molar-refractivity contribution in [2.45, 2.75) is 18.4 Å². The number of rotatable bonds is 7. The highest BCUT2D eigenvalue weighted by Gasteiger charge is 2.19. The van der Waals surface area contributed by atoms with Gasteiger partial charge in [-0.25, -0.2) is 13.1 Å². The standard InChI is InChI=1S/C22H19N5O3S2/c1-15-10-11-17(32(29,30)24-14-16-7-3-2-4-8-16)13-18(15)20(28)25-22-27-26-21(31-22)19-9-5-6-12-23-19/h2-13,24H,14H2,1H3,(H,25,27,28). The van der Waals surface area contributed by atoms with Gasteiger partial charge in [-0.05, 0) is 42.3 Å². The zero-order chi connectivity index (χ0) is 22.6. The lowest BCUT2D eigenvalue weighted by Gasteiger charge is -2.10. The fourth-order valence-electron chi connectivity index (χ4n) is 2.90. The summed E-state index contributed by atoms with van der Waals surface area (Å²) in [5, 5.41) is 11.6. The zero-order valence-electron chi connectivity index (χ0n) is 17.0. The highest BCUT2D eigenvalue weighted by Crippen LogP contribution is 2.25. The van der Waals surface area contributed by atoms with Crippen molar-refractivity contribution in [3.8, 4) is 10.7 Å². The lowest BCUT2D eigenvalue weighted by molar-refractivity contribution is 0.102. The number of nitrogens with zero attached hydrogens (tertiary/aromatic N) is 3. The van der Waals surface area contributed by atoms with Gasteiger partial charge in [0.15, 0.2) is 5.01 Å². The predicted octanol–water partition coefficient (Wildman–Crippen LogP) is 3.64. The van der Waals surface area contributed by atoms with E-state index in [1.165, 1.54) is 23.5 Å². The van der Waals surface area contributed by atoms with E-state index in [1.54, 1.807) is 31.3 Å². The van der Waals surface area contributed by atoms with Crippen molar-refractivity contribution >= 4 is 32.4 Å². The highest BCUT2D eigenvalue weighted by molar-refractivity contribution is 7.89. The van der Waals surface area contributed by atoms with Crippen LogP contribution in [0.2, 0.25) is 0 Å². The molecular formula is C22H19N5O3S2. The molecule has 2 heterocycles. The summed E-state index contributed by atoms with van der Waals surface area (Å²) in [6.07, 6.45) is 1.65. The van der Waals surface area contributed by atoms with Gasteiger partial charge in [-0.1, -0.05) is 53.8 Å². The fourth-order valence-corrected chi connectivity index (χ4v) is 4.66. The maximum Gasteiger partial charge on any atom is 0.257 e. The van der Waals surface area contributed by atoms with Gasteiger partial charge in [0, 0.05) is 18.3 Å². The van der Waals surface area contributed by atoms with Crippen LogP contribution in [0, 0.1) is 6.92 Å². The van der Waals surface area contributed by atoms with E-state index < -0.39 is 15.9 Å². The molecule has 4 rings (SSSR count). The maximum atomic E-state index is 12.8. The van der Waals surface area contributed by atoms with Gasteiger partial charge in [0.25, 0.3) is 5.91 Å². The number of hydrogen-bond acceptors (Lipinski definition) is 7. The van der Waals surface area contributed by atoms with Crippen molar-refractivity contribution in [2.75, 3.05) is 5.32 Å². The van der Waals surface area contributed by atoms with Gasteiger partial charge < -0.3 is 0 Å². The summed E-state index contributed by atoms with van der Waals surface area (Å²) in [7, 11) is -3.80. The van der Waals surface area contributed by atoms with Crippen molar-refractivity contribution < 1.29 is 13.2 Å². The van der Waals surface area contributed by atoms with Crippen LogP contribution < -0.4 is 10.0 Å². The molecule has 2 aromatic carbocycles. The molecule has 162 valence electrons. The van der Waals surface area contributed by atoms with E-state index in [0.29, 0.717) is 21.4 Å². The Labute approximate surface area is 189 Å². The van der Waals surface area contributed by atoms with E-state index in [4.69, 9.17) is 0 Å². The predicted molar refractivity (Wildman–Crippen MR) is 123 cm³/mol. The average Bonchev–Trinajstić information content (AvgIpc) is 3.27. The average molecular weight is 466 g/mol. The Hall–Kier alpha value is -3.47. The van der Waals surface area contributed by atoms with Crippen LogP contribution in [0.3, 0.4) is 0 Å². The molecule has 2 aromatic heterocycles. The number of amides is 1. The summed E-state index contributed by atoms with van der Waals surface area (Å²) in [5.74, 6) is -0.466. The first-order valence-corrected chi connectivity index (χ1v) is 11.9. The number of hydrogen-bond donors (Lipinski definition) is 2. The van der Waals surface area contributed by atoms with E-state index in [-0.39, 0.29) is 17.0 Å². The van der Waals surface area contributed by atoms with E-state index in [9.17, 15) is 13.2 Å². The Morgan fingerprint density at radius 1 is 1.00 bits per heavy atom. The van der Waals surface area contributed by atoms with Crippen molar-refractivity contribution in [1.82, 2.24) is 19.9 Å². The summed E-state index contributed by atoms with van der Waals surface area (Å²) < 4.78 is 28.0. The minimum absolute atomic E-state index is 0.00983. The number of sulfonamides is 1. The number of nitrogens with one attached hydrogen (secondary N) is 2. The van der Waals surface area contributed by atoms with Gasteiger partial charge in [0.2, 0.25) is 15.2 Å². The molecule has 0 spiro atoms. The molecule has 4 aromatic rings. The minimum atomic E-state index is -3.80. The third-order valence-corrected chi connectivity index (χ3v) is 6.86. The Bertz CT molecular complexity index is 1340. The van der Waals surface area contributed by atoms with Gasteiger partial charge in [-0.2, -0.15) is 0 Å². The summed E-state index contributed by atoms with van der Waals surface area (Å²) in [6.45, 7) is 1.89. The van der Waals surface area contributed by atoms with Gasteiger partial charge in [0.1, 0.15) is 5.69 Å². The van der Waals surface area contributed by atoms with Crippen LogP contribution in [0.15, 0.2) is 77.8 Å². The number of aromatic nitrogens is 3. The van der Waals surface area contributed by atoms with Crippen molar-refractivity contribution in [2.24, 2.45) is 0 Å². The second kappa shape index (κ2) is 9.35. The molecular weight excluding hydrogens is 446 g/mol. The summed E-state index contributed by atoms with van der Waals surface area (Å²) in [4.78, 5) is 17.1. The van der Waals surface area contributed by atoms with E-state index >= 15 is 0 Å². The smallest absolute Gasteiger partial charge is 0.257 e. The molecule has 0 unspecified atom stereocenters. The molecule has 32 heavy (non-hydrogen) atoms. The molecule has 0 saturated heterocycles. The number of carbonyl (C=O) groups is 1. The Morgan fingerprint density at radius 3 is 2.53 bits per heavy atom. The first-order chi connectivity index (χ1) is 15.4. The molecule has 0 atom stereocenters. The lowest BCUT2D eigenvalue weighted by Crippen LogP contribution is -2.24. The van der Waals surface area contributed by atoms with E-state index in [1.807, 2.05) is 36.4 Å². The molecule has 0 saturated carbocycles.